The summed E-state index contributed by atoms with van der Waals surface area (Å²) in [7, 11) is -0.0124. The molecule has 0 bridgehead atoms. The molecular formula is C28H33N3O5Si. The number of hydrogen-bond donors (Lipinski definition) is 2. The number of carbonyl (C=O) groups is 1. The molecule has 0 aliphatic heterocycles. The standard InChI is InChI=1S/C28H33N3O5Si/c1-18-25-22(16-23(28(33)34-2)30-27(25)32)26(31(18)17-35-13-14-37(3,4)5)21-15-19(29)11-12-24(21)36-20-9-7-6-8-10-20/h6-12,15-16H,13-14,17,29H2,1-5H3,(H,30,32). The van der Waals surface area contributed by atoms with E-state index in [1.54, 1.807) is 18.2 Å². The summed E-state index contributed by atoms with van der Waals surface area (Å²) in [4.78, 5) is 28.2. The van der Waals surface area contributed by atoms with Crippen molar-refractivity contribution in [3.63, 3.8) is 0 Å². The molecule has 0 saturated carbocycles. The SMILES string of the molecule is COC(=O)c1cc2c(-c3cc(N)ccc3Oc3ccccc3)n(COCC[Si](C)(C)C)c(C)c2c(=O)[nH]1. The number of carbonyl (C=O) groups excluding carboxylic acids is 1. The van der Waals surface area contributed by atoms with Crippen molar-refractivity contribution in [3.8, 4) is 22.8 Å². The lowest BCUT2D eigenvalue weighted by atomic mass is 10.0. The number of nitrogen functional groups attached to an aromatic ring is 1. The molecule has 0 radical (unpaired) electrons. The van der Waals surface area contributed by atoms with E-state index in [0.29, 0.717) is 51.5 Å². The van der Waals surface area contributed by atoms with Crippen LogP contribution in [0.25, 0.3) is 22.0 Å². The molecule has 0 unspecified atom stereocenters. The summed E-state index contributed by atoms with van der Waals surface area (Å²) in [5.41, 5.74) is 8.50. The van der Waals surface area contributed by atoms with Crippen LogP contribution in [0.1, 0.15) is 16.2 Å². The van der Waals surface area contributed by atoms with Crippen LogP contribution in [0.15, 0.2) is 59.4 Å². The summed E-state index contributed by atoms with van der Waals surface area (Å²) >= 11 is 0. The van der Waals surface area contributed by atoms with Gasteiger partial charge in [-0.1, -0.05) is 37.8 Å². The first-order valence-electron chi connectivity index (χ1n) is 12.1. The first-order valence-corrected chi connectivity index (χ1v) is 15.8. The number of esters is 1. The lowest BCUT2D eigenvalue weighted by Crippen LogP contribution is -2.22. The Morgan fingerprint density at radius 1 is 1.08 bits per heavy atom. The van der Waals surface area contributed by atoms with Gasteiger partial charge in [0.15, 0.2) is 0 Å². The van der Waals surface area contributed by atoms with Crippen molar-refractivity contribution in [2.24, 2.45) is 0 Å². The largest absolute Gasteiger partial charge is 0.464 e. The number of aromatic amines is 1. The second-order valence-corrected chi connectivity index (χ2v) is 15.8. The number of aromatic nitrogens is 2. The number of ether oxygens (including phenoxy) is 3. The van der Waals surface area contributed by atoms with E-state index in [0.717, 1.165) is 6.04 Å². The van der Waals surface area contributed by atoms with E-state index < -0.39 is 14.0 Å². The van der Waals surface area contributed by atoms with Gasteiger partial charge < -0.3 is 29.5 Å². The Morgan fingerprint density at radius 2 is 1.81 bits per heavy atom. The topological polar surface area (TPSA) is 109 Å². The Labute approximate surface area is 217 Å². The second-order valence-electron chi connectivity index (χ2n) is 10.2. The van der Waals surface area contributed by atoms with Gasteiger partial charge in [0, 0.05) is 37.0 Å². The van der Waals surface area contributed by atoms with Crippen molar-refractivity contribution in [2.75, 3.05) is 19.5 Å². The third kappa shape index (κ3) is 5.78. The maximum absolute atomic E-state index is 13.2. The van der Waals surface area contributed by atoms with Crippen molar-refractivity contribution in [1.29, 1.82) is 0 Å². The summed E-state index contributed by atoms with van der Waals surface area (Å²) in [6.45, 7) is 9.59. The van der Waals surface area contributed by atoms with Gasteiger partial charge in [-0.3, -0.25) is 4.79 Å². The molecule has 0 aliphatic carbocycles. The van der Waals surface area contributed by atoms with Crippen molar-refractivity contribution in [3.05, 3.63) is 76.3 Å². The van der Waals surface area contributed by atoms with Crippen molar-refractivity contribution < 1.29 is 19.0 Å². The lowest BCUT2D eigenvalue weighted by Gasteiger charge is -2.18. The molecule has 0 atom stereocenters. The molecule has 4 rings (SSSR count). The van der Waals surface area contributed by atoms with Crippen LogP contribution in [0.2, 0.25) is 25.7 Å². The smallest absolute Gasteiger partial charge is 0.354 e. The molecule has 0 saturated heterocycles. The van der Waals surface area contributed by atoms with Crippen molar-refractivity contribution >= 4 is 30.5 Å². The van der Waals surface area contributed by atoms with E-state index in [2.05, 4.69) is 24.6 Å². The van der Waals surface area contributed by atoms with Crippen molar-refractivity contribution in [1.82, 2.24) is 9.55 Å². The number of nitrogens with one attached hydrogen (secondary N) is 1. The third-order valence-electron chi connectivity index (χ3n) is 6.18. The molecule has 2 aromatic heterocycles. The number of hydrogen-bond acceptors (Lipinski definition) is 6. The first-order chi connectivity index (χ1) is 17.6. The van der Waals surface area contributed by atoms with Crippen LogP contribution < -0.4 is 16.0 Å². The van der Waals surface area contributed by atoms with Gasteiger partial charge in [-0.25, -0.2) is 4.79 Å². The summed E-state index contributed by atoms with van der Waals surface area (Å²) < 4.78 is 19.2. The first kappa shape index (κ1) is 26.2. The molecule has 0 aliphatic rings. The zero-order chi connectivity index (χ0) is 26.7. The minimum absolute atomic E-state index is 0.0625. The number of H-pyrrole nitrogens is 1. The number of pyridine rings is 1. The van der Waals surface area contributed by atoms with E-state index in [1.807, 2.05) is 47.9 Å². The van der Waals surface area contributed by atoms with Crippen LogP contribution in [0.4, 0.5) is 5.69 Å². The molecule has 194 valence electrons. The number of benzene rings is 2. The maximum Gasteiger partial charge on any atom is 0.354 e. The Hall–Kier alpha value is -3.82. The van der Waals surface area contributed by atoms with Crippen LogP contribution in [0, 0.1) is 6.92 Å². The molecule has 3 N–H and O–H groups in total. The quantitative estimate of drug-likeness (QED) is 0.126. The number of rotatable bonds is 9. The molecule has 8 nitrogen and oxygen atoms in total. The highest BCUT2D eigenvalue weighted by molar-refractivity contribution is 6.76. The predicted octanol–water partition coefficient (Wildman–Crippen LogP) is 5.78. The number of fused-ring (bicyclic) bond motifs is 1. The zero-order valence-electron chi connectivity index (χ0n) is 21.9. The number of anilines is 1. The van der Waals surface area contributed by atoms with Gasteiger partial charge in [-0.05, 0) is 49.4 Å². The van der Waals surface area contributed by atoms with E-state index in [4.69, 9.17) is 19.9 Å². The fourth-order valence-electron chi connectivity index (χ4n) is 4.20. The highest BCUT2D eigenvalue weighted by Gasteiger charge is 2.24. The summed E-state index contributed by atoms with van der Waals surface area (Å²) in [5.74, 6) is 0.588. The molecule has 2 aromatic carbocycles. The van der Waals surface area contributed by atoms with Crippen LogP contribution in [-0.4, -0.2) is 37.3 Å². The average molecular weight is 520 g/mol. The molecule has 37 heavy (non-hydrogen) atoms. The number of aryl methyl sites for hydroxylation is 1. The molecular weight excluding hydrogens is 486 g/mol. The fraction of sp³-hybridized carbons (Fsp3) is 0.286. The summed E-state index contributed by atoms with van der Waals surface area (Å²) in [5, 5.41) is 1.04. The van der Waals surface area contributed by atoms with Gasteiger partial charge in [0.05, 0.1) is 18.2 Å². The molecule has 0 amide bonds. The monoisotopic (exact) mass is 519 g/mol. The normalized spacial score (nSPS) is 11.6. The molecule has 0 spiro atoms. The Bertz CT molecular complexity index is 1490. The minimum atomic E-state index is -1.29. The summed E-state index contributed by atoms with van der Waals surface area (Å²) in [6.07, 6.45) is 0. The predicted molar refractivity (Wildman–Crippen MR) is 149 cm³/mol. The van der Waals surface area contributed by atoms with Gasteiger partial charge >= 0.3 is 5.97 Å². The highest BCUT2D eigenvalue weighted by Crippen LogP contribution is 2.40. The van der Waals surface area contributed by atoms with Crippen LogP contribution in [0.5, 0.6) is 11.5 Å². The van der Waals surface area contributed by atoms with Crippen molar-refractivity contribution in [2.45, 2.75) is 39.3 Å². The fourth-order valence-corrected chi connectivity index (χ4v) is 4.95. The summed E-state index contributed by atoms with van der Waals surface area (Å²) in [6, 6.07) is 17.4. The number of nitrogens with zero attached hydrogens (tertiary/aromatic N) is 1. The van der Waals surface area contributed by atoms with Gasteiger partial charge in [0.25, 0.3) is 5.56 Å². The maximum atomic E-state index is 13.2. The second kappa shape index (κ2) is 10.7. The number of para-hydroxylation sites is 1. The Balaban J connectivity index is 1.93. The Kier molecular flexibility index (Phi) is 7.56. The lowest BCUT2D eigenvalue weighted by molar-refractivity contribution is 0.0594. The van der Waals surface area contributed by atoms with Gasteiger partial charge in [-0.2, -0.15) is 0 Å². The van der Waals surface area contributed by atoms with Crippen LogP contribution >= 0.6 is 0 Å². The number of nitrogens with two attached hydrogens (primary N) is 1. The molecule has 2 heterocycles. The zero-order valence-corrected chi connectivity index (χ0v) is 22.9. The Morgan fingerprint density at radius 3 is 2.49 bits per heavy atom. The van der Waals surface area contributed by atoms with E-state index in [9.17, 15) is 9.59 Å². The van der Waals surface area contributed by atoms with E-state index >= 15 is 0 Å². The highest BCUT2D eigenvalue weighted by atomic mass is 28.3. The van der Waals surface area contributed by atoms with E-state index in [-0.39, 0.29) is 18.0 Å². The number of methoxy groups -OCH3 is 1. The molecule has 0 fully saturated rings. The molecule has 4 aromatic rings. The van der Waals surface area contributed by atoms with Gasteiger partial charge in [-0.15, -0.1) is 0 Å². The van der Waals surface area contributed by atoms with Crippen LogP contribution in [-0.2, 0) is 16.2 Å². The third-order valence-corrected chi connectivity index (χ3v) is 7.88. The van der Waals surface area contributed by atoms with Gasteiger partial charge in [0.2, 0.25) is 0 Å². The van der Waals surface area contributed by atoms with Gasteiger partial charge in [0.1, 0.15) is 23.9 Å². The minimum Gasteiger partial charge on any atom is -0.464 e. The average Bonchev–Trinajstić information content (AvgIpc) is 3.14. The van der Waals surface area contributed by atoms with Crippen LogP contribution in [0.3, 0.4) is 0 Å². The molecule has 9 heteroatoms. The van der Waals surface area contributed by atoms with E-state index in [1.165, 1.54) is 7.11 Å².